The van der Waals surface area contributed by atoms with Gasteiger partial charge in [-0.2, -0.15) is 0 Å². The third-order valence-electron chi connectivity index (χ3n) is 4.75. The Balaban J connectivity index is 1.36. The zero-order chi connectivity index (χ0) is 15.2. The smallest absolute Gasteiger partial charge is 0.223 e. The molecule has 1 aromatic rings. The molecule has 0 N–H and O–H groups in total. The molecule has 1 aromatic heterocycles. The fourth-order valence-corrected chi connectivity index (χ4v) is 3.36. The molecule has 3 heterocycles. The summed E-state index contributed by atoms with van der Waals surface area (Å²) in [5, 5.41) is 0. The molecule has 3 rings (SSSR count). The number of ether oxygens (including phenoxy) is 1. The van der Waals surface area contributed by atoms with Gasteiger partial charge in [0.05, 0.1) is 19.5 Å². The fraction of sp³-hybridized carbons (Fsp3) is 0.706. The van der Waals surface area contributed by atoms with Crippen LogP contribution in [0, 0.1) is 5.92 Å². The number of amides is 1. The molecule has 1 amide bonds. The van der Waals surface area contributed by atoms with Crippen LogP contribution in [0.3, 0.4) is 0 Å². The van der Waals surface area contributed by atoms with Gasteiger partial charge >= 0.3 is 0 Å². The van der Waals surface area contributed by atoms with E-state index in [0.29, 0.717) is 12.8 Å². The monoisotopic (exact) mass is 306 g/mol. The molecule has 0 saturated carbocycles. The Morgan fingerprint density at radius 2 is 1.95 bits per heavy atom. The summed E-state index contributed by atoms with van der Waals surface area (Å²) in [7, 11) is 0. The van der Waals surface area contributed by atoms with Gasteiger partial charge in [-0.1, -0.05) is 0 Å². The van der Waals surface area contributed by atoms with Gasteiger partial charge in [-0.3, -0.25) is 9.69 Å². The maximum Gasteiger partial charge on any atom is 0.223 e. The molecule has 5 heteroatoms. The molecule has 0 atom stereocenters. The predicted molar refractivity (Wildman–Crippen MR) is 83.6 cm³/mol. The van der Waals surface area contributed by atoms with E-state index in [2.05, 4.69) is 4.90 Å². The van der Waals surface area contributed by atoms with Crippen LogP contribution in [0.5, 0.6) is 0 Å². The summed E-state index contributed by atoms with van der Waals surface area (Å²) in [6.45, 7) is 6.83. The van der Waals surface area contributed by atoms with Gasteiger partial charge in [0.2, 0.25) is 5.91 Å². The third-order valence-corrected chi connectivity index (χ3v) is 4.75. The second kappa shape index (κ2) is 7.79. The molecule has 5 nitrogen and oxygen atoms in total. The van der Waals surface area contributed by atoms with Gasteiger partial charge in [0, 0.05) is 45.6 Å². The van der Waals surface area contributed by atoms with Crippen LogP contribution < -0.4 is 0 Å². The van der Waals surface area contributed by atoms with Crippen LogP contribution in [0.1, 0.15) is 25.0 Å². The van der Waals surface area contributed by atoms with E-state index in [1.165, 1.54) is 0 Å². The number of hydrogen-bond donors (Lipinski definition) is 0. The second-order valence-electron chi connectivity index (χ2n) is 6.32. The van der Waals surface area contributed by atoms with Gasteiger partial charge in [0.1, 0.15) is 5.76 Å². The van der Waals surface area contributed by atoms with Crippen molar-refractivity contribution in [1.82, 2.24) is 9.80 Å². The maximum absolute atomic E-state index is 12.2. The molecular weight excluding hydrogens is 280 g/mol. The highest BCUT2D eigenvalue weighted by Gasteiger charge is 2.24. The molecule has 2 aliphatic rings. The van der Waals surface area contributed by atoms with Gasteiger partial charge < -0.3 is 14.1 Å². The largest absolute Gasteiger partial charge is 0.469 e. The molecule has 2 saturated heterocycles. The number of piperidine rings is 1. The number of furan rings is 1. The van der Waals surface area contributed by atoms with E-state index < -0.39 is 0 Å². The van der Waals surface area contributed by atoms with Gasteiger partial charge in [-0.15, -0.1) is 0 Å². The van der Waals surface area contributed by atoms with Crippen LogP contribution in [-0.4, -0.2) is 61.6 Å². The lowest BCUT2D eigenvalue weighted by Gasteiger charge is -2.36. The first-order valence-corrected chi connectivity index (χ1v) is 8.41. The first kappa shape index (κ1) is 15.6. The Kier molecular flexibility index (Phi) is 5.51. The van der Waals surface area contributed by atoms with E-state index in [1.807, 2.05) is 17.0 Å². The summed E-state index contributed by atoms with van der Waals surface area (Å²) in [5.41, 5.74) is 0. The van der Waals surface area contributed by atoms with Gasteiger partial charge in [0.15, 0.2) is 0 Å². The van der Waals surface area contributed by atoms with Crippen LogP contribution in [-0.2, 0) is 16.0 Å². The standard InChI is InChI=1S/C17H26N2O3/c20-17(4-3-16-2-1-11-22-16)19-7-5-15(6-8-19)14-18-9-12-21-13-10-18/h1-2,11,15H,3-10,12-14H2. The van der Waals surface area contributed by atoms with Crippen molar-refractivity contribution in [3.63, 3.8) is 0 Å². The molecular formula is C17H26N2O3. The highest BCUT2D eigenvalue weighted by Crippen LogP contribution is 2.20. The number of carbonyl (C=O) groups is 1. The Morgan fingerprint density at radius 3 is 2.64 bits per heavy atom. The highest BCUT2D eigenvalue weighted by molar-refractivity contribution is 5.76. The minimum Gasteiger partial charge on any atom is -0.469 e. The maximum atomic E-state index is 12.2. The first-order valence-electron chi connectivity index (χ1n) is 8.41. The van der Waals surface area contributed by atoms with Crippen molar-refractivity contribution in [3.05, 3.63) is 24.2 Å². The number of carbonyl (C=O) groups excluding carboxylic acids is 1. The summed E-state index contributed by atoms with van der Waals surface area (Å²) >= 11 is 0. The highest BCUT2D eigenvalue weighted by atomic mass is 16.5. The molecule has 0 unspecified atom stereocenters. The van der Waals surface area contributed by atoms with Crippen molar-refractivity contribution in [2.45, 2.75) is 25.7 Å². The van der Waals surface area contributed by atoms with E-state index >= 15 is 0 Å². The van der Waals surface area contributed by atoms with Crippen LogP contribution in [0.2, 0.25) is 0 Å². The molecule has 2 fully saturated rings. The molecule has 0 radical (unpaired) electrons. The van der Waals surface area contributed by atoms with Crippen molar-refractivity contribution in [3.8, 4) is 0 Å². The topological polar surface area (TPSA) is 45.9 Å². The normalized spacial score (nSPS) is 21.2. The fourth-order valence-electron chi connectivity index (χ4n) is 3.36. The number of likely N-dealkylation sites (tertiary alicyclic amines) is 1. The van der Waals surface area contributed by atoms with Crippen molar-refractivity contribution in [1.29, 1.82) is 0 Å². The quantitative estimate of drug-likeness (QED) is 0.832. The lowest BCUT2D eigenvalue weighted by molar-refractivity contribution is -0.132. The minimum absolute atomic E-state index is 0.265. The number of nitrogens with zero attached hydrogens (tertiary/aromatic N) is 2. The molecule has 2 aliphatic heterocycles. The Bertz CT molecular complexity index is 446. The number of aryl methyl sites for hydroxylation is 1. The Morgan fingerprint density at radius 1 is 1.18 bits per heavy atom. The van der Waals surface area contributed by atoms with E-state index in [9.17, 15) is 4.79 Å². The van der Waals surface area contributed by atoms with Crippen molar-refractivity contribution in [2.75, 3.05) is 45.9 Å². The summed E-state index contributed by atoms with van der Waals surface area (Å²) in [6, 6.07) is 3.80. The molecule has 0 bridgehead atoms. The molecule has 0 aromatic carbocycles. The third kappa shape index (κ3) is 4.34. The van der Waals surface area contributed by atoms with E-state index in [0.717, 1.165) is 70.5 Å². The van der Waals surface area contributed by atoms with Gasteiger partial charge in [0.25, 0.3) is 0 Å². The van der Waals surface area contributed by atoms with Crippen LogP contribution >= 0.6 is 0 Å². The minimum atomic E-state index is 0.265. The van der Waals surface area contributed by atoms with Crippen molar-refractivity contribution < 1.29 is 13.9 Å². The first-order chi connectivity index (χ1) is 10.8. The number of hydrogen-bond acceptors (Lipinski definition) is 4. The molecule has 122 valence electrons. The summed E-state index contributed by atoms with van der Waals surface area (Å²) in [5.74, 6) is 1.89. The summed E-state index contributed by atoms with van der Waals surface area (Å²) < 4.78 is 10.7. The van der Waals surface area contributed by atoms with E-state index in [1.54, 1.807) is 6.26 Å². The molecule has 0 aliphatic carbocycles. The van der Waals surface area contributed by atoms with Crippen molar-refractivity contribution in [2.24, 2.45) is 5.92 Å². The second-order valence-corrected chi connectivity index (χ2v) is 6.32. The predicted octanol–water partition coefficient (Wildman–Crippen LogP) is 1.78. The molecule has 0 spiro atoms. The zero-order valence-corrected chi connectivity index (χ0v) is 13.2. The summed E-state index contributed by atoms with van der Waals surface area (Å²) in [6.07, 6.45) is 5.19. The number of morpholine rings is 1. The van der Waals surface area contributed by atoms with Crippen LogP contribution in [0.15, 0.2) is 22.8 Å². The Hall–Kier alpha value is -1.33. The lowest BCUT2D eigenvalue weighted by Crippen LogP contribution is -2.44. The van der Waals surface area contributed by atoms with Crippen LogP contribution in [0.4, 0.5) is 0 Å². The van der Waals surface area contributed by atoms with Gasteiger partial charge in [-0.05, 0) is 30.9 Å². The molecule has 22 heavy (non-hydrogen) atoms. The van der Waals surface area contributed by atoms with Gasteiger partial charge in [-0.25, -0.2) is 0 Å². The van der Waals surface area contributed by atoms with Crippen LogP contribution in [0.25, 0.3) is 0 Å². The zero-order valence-electron chi connectivity index (χ0n) is 13.2. The average molecular weight is 306 g/mol. The Labute approximate surface area is 132 Å². The van der Waals surface area contributed by atoms with E-state index in [-0.39, 0.29) is 5.91 Å². The lowest BCUT2D eigenvalue weighted by atomic mass is 9.95. The van der Waals surface area contributed by atoms with Crippen molar-refractivity contribution >= 4 is 5.91 Å². The average Bonchev–Trinajstić information content (AvgIpc) is 3.08. The number of rotatable bonds is 5. The van der Waals surface area contributed by atoms with E-state index in [4.69, 9.17) is 9.15 Å². The summed E-state index contributed by atoms with van der Waals surface area (Å²) in [4.78, 5) is 16.8. The SMILES string of the molecule is O=C(CCc1ccco1)N1CCC(CN2CCOCC2)CC1.